The first-order valence-corrected chi connectivity index (χ1v) is 9.65. The van der Waals surface area contributed by atoms with Gasteiger partial charge in [0.2, 0.25) is 8.32 Å². The van der Waals surface area contributed by atoms with Crippen LogP contribution in [0.1, 0.15) is 27.7 Å². The molecular formula is C18H22F2OSi. The second kappa shape index (κ2) is 6.30. The Morgan fingerprint density at radius 3 is 1.73 bits per heavy atom. The van der Waals surface area contributed by atoms with E-state index in [0.29, 0.717) is 5.56 Å². The largest absolute Gasteiger partial charge is 0.427 e. The Balaban J connectivity index is 2.39. The van der Waals surface area contributed by atoms with Gasteiger partial charge in [-0.05, 0) is 39.5 Å². The zero-order chi connectivity index (χ0) is 16.5. The van der Waals surface area contributed by atoms with Crippen molar-refractivity contribution >= 4 is 13.5 Å². The summed E-state index contributed by atoms with van der Waals surface area (Å²) < 4.78 is 26.3. The van der Waals surface area contributed by atoms with Crippen molar-refractivity contribution in [3.63, 3.8) is 0 Å². The molecule has 0 aliphatic carbocycles. The van der Waals surface area contributed by atoms with Crippen LogP contribution in [0, 0.1) is 11.6 Å². The maximum absolute atomic E-state index is 13.3. The summed E-state index contributed by atoms with van der Waals surface area (Å²) in [5.41, 5.74) is 1.86. The predicted octanol–water partition coefficient (Wildman–Crippen LogP) is 4.60. The molecule has 22 heavy (non-hydrogen) atoms. The van der Waals surface area contributed by atoms with Crippen LogP contribution in [0.5, 0.6) is 0 Å². The van der Waals surface area contributed by atoms with E-state index < -0.39 is 20.0 Å². The van der Waals surface area contributed by atoms with E-state index in [-0.39, 0.29) is 11.1 Å². The second-order valence-corrected chi connectivity index (χ2v) is 10.9. The van der Waals surface area contributed by atoms with Crippen LogP contribution in [0.25, 0.3) is 11.1 Å². The molecule has 0 aromatic heterocycles. The molecule has 1 N–H and O–H groups in total. The molecule has 0 amide bonds. The van der Waals surface area contributed by atoms with E-state index in [1.807, 2.05) is 24.3 Å². The molecule has 0 heterocycles. The van der Waals surface area contributed by atoms with Crippen molar-refractivity contribution in [1.82, 2.24) is 0 Å². The van der Waals surface area contributed by atoms with Crippen molar-refractivity contribution in [2.24, 2.45) is 0 Å². The fraction of sp³-hybridized carbons (Fsp3) is 0.333. The highest BCUT2D eigenvalue weighted by Gasteiger charge is 2.40. The van der Waals surface area contributed by atoms with Gasteiger partial charge in [-0.2, -0.15) is 0 Å². The monoisotopic (exact) mass is 320 g/mol. The third kappa shape index (κ3) is 2.99. The lowest BCUT2D eigenvalue weighted by atomic mass is 10.1. The molecular weight excluding hydrogens is 298 g/mol. The summed E-state index contributed by atoms with van der Waals surface area (Å²) in [4.78, 5) is 11.1. The minimum absolute atomic E-state index is 0.210. The zero-order valence-electron chi connectivity index (χ0n) is 13.4. The fourth-order valence-electron chi connectivity index (χ4n) is 2.94. The van der Waals surface area contributed by atoms with E-state index in [1.54, 1.807) is 6.07 Å². The molecule has 2 aromatic carbocycles. The quantitative estimate of drug-likeness (QED) is 0.817. The third-order valence-corrected chi connectivity index (χ3v) is 9.14. The average molecular weight is 320 g/mol. The van der Waals surface area contributed by atoms with Crippen LogP contribution < -0.4 is 5.19 Å². The molecule has 0 aliphatic heterocycles. The first-order chi connectivity index (χ1) is 10.3. The van der Waals surface area contributed by atoms with Crippen LogP contribution in [0.3, 0.4) is 0 Å². The number of hydrogen-bond acceptors (Lipinski definition) is 1. The lowest BCUT2D eigenvalue weighted by molar-refractivity contribution is 0.509. The minimum atomic E-state index is -2.56. The van der Waals surface area contributed by atoms with E-state index in [1.165, 1.54) is 6.07 Å². The Kier molecular flexibility index (Phi) is 4.83. The molecule has 0 radical (unpaired) electrons. The highest BCUT2D eigenvalue weighted by atomic mass is 28.4. The number of rotatable bonds is 4. The molecule has 1 nitrogen and oxygen atoms in total. The molecule has 0 saturated carbocycles. The van der Waals surface area contributed by atoms with E-state index in [9.17, 15) is 13.6 Å². The molecule has 2 rings (SSSR count). The van der Waals surface area contributed by atoms with Gasteiger partial charge in [0.05, 0.1) is 0 Å². The van der Waals surface area contributed by atoms with Crippen LogP contribution in [-0.2, 0) is 0 Å². The SMILES string of the molecule is CC(C)[Si](O)(c1ccc(-c2ccc(F)c(F)c2)cc1)C(C)C. The van der Waals surface area contributed by atoms with Gasteiger partial charge in [0.25, 0.3) is 0 Å². The van der Waals surface area contributed by atoms with E-state index in [0.717, 1.165) is 16.8 Å². The summed E-state index contributed by atoms with van der Waals surface area (Å²) in [7, 11) is -2.56. The Bertz CT molecular complexity index is 643. The Morgan fingerprint density at radius 2 is 1.27 bits per heavy atom. The Hall–Kier alpha value is -1.52. The summed E-state index contributed by atoms with van der Waals surface area (Å²) in [5, 5.41) is 0.976. The zero-order valence-corrected chi connectivity index (χ0v) is 14.4. The highest BCUT2D eigenvalue weighted by Crippen LogP contribution is 2.30. The number of halogens is 2. The van der Waals surface area contributed by atoms with Gasteiger partial charge in [-0.1, -0.05) is 58.0 Å². The van der Waals surface area contributed by atoms with Crippen molar-refractivity contribution in [3.05, 3.63) is 54.1 Å². The Labute approximate surface area is 131 Å². The van der Waals surface area contributed by atoms with Crippen molar-refractivity contribution in [3.8, 4) is 11.1 Å². The predicted molar refractivity (Wildman–Crippen MR) is 89.6 cm³/mol. The topological polar surface area (TPSA) is 20.2 Å². The molecule has 0 saturated heterocycles. The van der Waals surface area contributed by atoms with Crippen molar-refractivity contribution in [2.45, 2.75) is 38.8 Å². The van der Waals surface area contributed by atoms with Crippen LogP contribution >= 0.6 is 0 Å². The number of hydrogen-bond donors (Lipinski definition) is 1. The lowest BCUT2D eigenvalue weighted by Gasteiger charge is -2.33. The van der Waals surface area contributed by atoms with E-state index in [2.05, 4.69) is 27.7 Å². The summed E-state index contributed by atoms with van der Waals surface area (Å²) in [6.07, 6.45) is 0. The first-order valence-electron chi connectivity index (χ1n) is 7.55. The summed E-state index contributed by atoms with van der Waals surface area (Å²) in [6.45, 7) is 8.20. The lowest BCUT2D eigenvalue weighted by Crippen LogP contribution is -2.53. The van der Waals surface area contributed by atoms with Gasteiger partial charge in [-0.25, -0.2) is 8.78 Å². The van der Waals surface area contributed by atoms with Gasteiger partial charge >= 0.3 is 0 Å². The van der Waals surface area contributed by atoms with Gasteiger partial charge in [-0.15, -0.1) is 0 Å². The maximum atomic E-state index is 13.3. The van der Waals surface area contributed by atoms with Crippen molar-refractivity contribution in [1.29, 1.82) is 0 Å². The molecule has 118 valence electrons. The molecule has 0 fully saturated rings. The third-order valence-electron chi connectivity index (χ3n) is 4.36. The molecule has 0 atom stereocenters. The van der Waals surface area contributed by atoms with Crippen LogP contribution in [0.15, 0.2) is 42.5 Å². The minimum Gasteiger partial charge on any atom is -0.427 e. The molecule has 0 unspecified atom stereocenters. The summed E-state index contributed by atoms with van der Waals surface area (Å²) in [5.74, 6) is -1.70. The van der Waals surface area contributed by atoms with Crippen LogP contribution in [0.4, 0.5) is 8.78 Å². The van der Waals surface area contributed by atoms with E-state index >= 15 is 0 Å². The summed E-state index contributed by atoms with van der Waals surface area (Å²) >= 11 is 0. The van der Waals surface area contributed by atoms with Gasteiger partial charge < -0.3 is 4.80 Å². The highest BCUT2D eigenvalue weighted by molar-refractivity contribution is 6.87. The van der Waals surface area contributed by atoms with Gasteiger partial charge in [0, 0.05) is 0 Å². The second-order valence-electron chi connectivity index (χ2n) is 6.34. The van der Waals surface area contributed by atoms with Crippen LogP contribution in [-0.4, -0.2) is 13.1 Å². The maximum Gasteiger partial charge on any atom is 0.225 e. The molecule has 0 spiro atoms. The molecule has 0 aliphatic rings. The van der Waals surface area contributed by atoms with Crippen molar-refractivity contribution < 1.29 is 13.6 Å². The fourth-order valence-corrected chi connectivity index (χ4v) is 6.31. The smallest absolute Gasteiger partial charge is 0.225 e. The van der Waals surface area contributed by atoms with Gasteiger partial charge in [0.15, 0.2) is 11.6 Å². The van der Waals surface area contributed by atoms with Gasteiger partial charge in [-0.3, -0.25) is 0 Å². The molecule has 2 aromatic rings. The summed E-state index contributed by atoms with van der Waals surface area (Å²) in [6, 6.07) is 11.5. The first kappa shape index (κ1) is 16.8. The van der Waals surface area contributed by atoms with Crippen molar-refractivity contribution in [2.75, 3.05) is 0 Å². The Morgan fingerprint density at radius 1 is 0.773 bits per heavy atom. The number of benzene rings is 2. The van der Waals surface area contributed by atoms with Crippen LogP contribution in [0.2, 0.25) is 11.1 Å². The standard InChI is InChI=1S/C18H22F2OSi/c1-12(2)22(21,13(3)4)16-8-5-14(6-9-16)15-7-10-17(19)18(20)11-15/h5-13,21H,1-4H3. The molecule has 4 heteroatoms. The van der Waals surface area contributed by atoms with Gasteiger partial charge in [0.1, 0.15) is 0 Å². The van der Waals surface area contributed by atoms with E-state index in [4.69, 9.17) is 0 Å². The molecule has 0 bridgehead atoms. The average Bonchev–Trinajstić information content (AvgIpc) is 2.49. The normalized spacial score (nSPS) is 12.2.